The Labute approximate surface area is 303 Å². The van der Waals surface area contributed by atoms with Crippen LogP contribution in [0.4, 0.5) is 5.69 Å². The van der Waals surface area contributed by atoms with E-state index >= 15 is 0 Å². The molecule has 0 saturated carbocycles. The van der Waals surface area contributed by atoms with Gasteiger partial charge in [0.1, 0.15) is 18.3 Å². The molecule has 0 saturated heterocycles. The minimum Gasteiger partial charge on any atom is -0.492 e. The van der Waals surface area contributed by atoms with Crippen LogP contribution in [0.15, 0.2) is 107 Å². The molecule has 2 atom stereocenters. The molecule has 0 fully saturated rings. The van der Waals surface area contributed by atoms with E-state index in [1.165, 1.54) is 28.8 Å². The van der Waals surface area contributed by atoms with Crippen molar-refractivity contribution >= 4 is 62.5 Å². The summed E-state index contributed by atoms with van der Waals surface area (Å²) in [4.78, 5) is 31.1. The van der Waals surface area contributed by atoms with E-state index in [1.807, 2.05) is 50.4 Å². The van der Waals surface area contributed by atoms with Crippen molar-refractivity contribution in [2.75, 3.05) is 23.7 Å². The van der Waals surface area contributed by atoms with E-state index in [4.69, 9.17) is 27.9 Å². The quantitative estimate of drug-likeness (QED) is 0.118. The van der Waals surface area contributed by atoms with Crippen molar-refractivity contribution in [2.45, 2.75) is 62.0 Å². The van der Waals surface area contributed by atoms with Crippen molar-refractivity contribution < 1.29 is 22.7 Å². The van der Waals surface area contributed by atoms with Crippen LogP contribution in [0.2, 0.25) is 10.0 Å². The van der Waals surface area contributed by atoms with E-state index in [2.05, 4.69) is 5.32 Å². The van der Waals surface area contributed by atoms with Gasteiger partial charge in [0.25, 0.3) is 10.0 Å². The molecule has 4 aromatic rings. The zero-order valence-corrected chi connectivity index (χ0v) is 31.1. The molecule has 4 rings (SSSR count). The number of nitrogens with zero attached hydrogens (tertiary/aromatic N) is 2. The molecule has 0 aliphatic carbocycles. The normalized spacial score (nSPS) is 12.5. The molecule has 1 N–H and O–H groups in total. The van der Waals surface area contributed by atoms with E-state index in [0.29, 0.717) is 22.0 Å². The first kappa shape index (κ1) is 38.1. The highest BCUT2D eigenvalue weighted by Crippen LogP contribution is 2.34. The summed E-state index contributed by atoms with van der Waals surface area (Å²) in [6, 6.07) is 26.3. The molecule has 0 radical (unpaired) electrons. The number of halogens is 2. The lowest BCUT2D eigenvalue weighted by molar-refractivity contribution is -0.140. The maximum Gasteiger partial charge on any atom is 0.264 e. The van der Waals surface area contributed by atoms with Crippen molar-refractivity contribution in [1.82, 2.24) is 10.2 Å². The van der Waals surface area contributed by atoms with Gasteiger partial charge in [0.05, 0.1) is 17.2 Å². The summed E-state index contributed by atoms with van der Waals surface area (Å²) in [7, 11) is -4.32. The minimum absolute atomic E-state index is 0.000416. The van der Waals surface area contributed by atoms with Gasteiger partial charge in [-0.05, 0) is 80.6 Å². The average Bonchev–Trinajstić information content (AvgIpc) is 3.10. The molecule has 8 nitrogen and oxygen atoms in total. The van der Waals surface area contributed by atoms with E-state index in [1.54, 1.807) is 61.5 Å². The van der Waals surface area contributed by atoms with Crippen molar-refractivity contribution in [3.05, 3.63) is 118 Å². The molecule has 0 aliphatic rings. The monoisotopic (exact) mass is 741 g/mol. The van der Waals surface area contributed by atoms with Crippen LogP contribution >= 0.6 is 35.0 Å². The van der Waals surface area contributed by atoms with Crippen LogP contribution in [0.3, 0.4) is 0 Å². The Morgan fingerprint density at radius 3 is 2.12 bits per heavy atom. The summed E-state index contributed by atoms with van der Waals surface area (Å²) in [5.74, 6) is -0.725. The predicted molar refractivity (Wildman–Crippen MR) is 199 cm³/mol. The van der Waals surface area contributed by atoms with Gasteiger partial charge < -0.3 is 15.0 Å². The van der Waals surface area contributed by atoms with Crippen LogP contribution in [0.5, 0.6) is 5.75 Å². The number of hydrogen-bond acceptors (Lipinski definition) is 6. The second-order valence-corrected chi connectivity index (χ2v) is 14.9. The number of hydrogen-bond donors (Lipinski definition) is 1. The van der Waals surface area contributed by atoms with Gasteiger partial charge in [0.2, 0.25) is 11.8 Å². The van der Waals surface area contributed by atoms with Gasteiger partial charge in [-0.25, -0.2) is 8.42 Å². The Morgan fingerprint density at radius 2 is 1.51 bits per heavy atom. The first-order valence-corrected chi connectivity index (χ1v) is 19.4. The molecular weight excluding hydrogens is 701 g/mol. The lowest BCUT2D eigenvalue weighted by Gasteiger charge is -2.35. The summed E-state index contributed by atoms with van der Waals surface area (Å²) in [6.07, 6.45) is 2.73. The highest BCUT2D eigenvalue weighted by molar-refractivity contribution is 7.98. The molecule has 0 unspecified atom stereocenters. The average molecular weight is 743 g/mol. The molecule has 0 aliphatic heterocycles. The molecule has 4 aromatic carbocycles. The predicted octanol–water partition coefficient (Wildman–Crippen LogP) is 7.86. The minimum atomic E-state index is -4.32. The summed E-state index contributed by atoms with van der Waals surface area (Å²) in [5, 5.41) is 3.65. The Bertz CT molecular complexity index is 1810. The molecule has 260 valence electrons. The third-order valence-corrected chi connectivity index (χ3v) is 11.2. The van der Waals surface area contributed by atoms with Crippen LogP contribution in [0.25, 0.3) is 0 Å². The van der Waals surface area contributed by atoms with Gasteiger partial charge in [-0.15, -0.1) is 11.8 Å². The van der Waals surface area contributed by atoms with Crippen LogP contribution in [-0.4, -0.2) is 56.6 Å². The molecule has 0 aromatic heterocycles. The number of sulfonamides is 1. The highest BCUT2D eigenvalue weighted by atomic mass is 35.5. The fourth-order valence-corrected chi connectivity index (χ4v) is 7.53. The van der Waals surface area contributed by atoms with Crippen molar-refractivity contribution in [3.63, 3.8) is 0 Å². The molecular formula is C37H41Cl2N3O5S2. The number of benzene rings is 4. The number of amides is 2. The molecule has 2 amide bonds. The fraction of sp³-hybridized carbons (Fsp3) is 0.297. The SMILES string of the molecule is CCOc1ccccc1N(CC(=O)N(Cc1c(Cl)cccc1Cl)[C@H](Cc1ccccc1)C(=O)N[C@@H](C)CC)S(=O)(=O)c1ccc(SC)cc1. The summed E-state index contributed by atoms with van der Waals surface area (Å²) in [5.41, 5.74) is 1.44. The number of anilines is 1. The molecule has 0 heterocycles. The Morgan fingerprint density at radius 1 is 0.878 bits per heavy atom. The van der Waals surface area contributed by atoms with Gasteiger partial charge in [-0.3, -0.25) is 13.9 Å². The van der Waals surface area contributed by atoms with Gasteiger partial charge in [0.15, 0.2) is 0 Å². The number of carbonyl (C=O) groups excluding carboxylic acids is 2. The Balaban J connectivity index is 1.88. The molecule has 12 heteroatoms. The smallest absolute Gasteiger partial charge is 0.264 e. The fourth-order valence-electron chi connectivity index (χ4n) is 5.18. The number of rotatable bonds is 16. The summed E-state index contributed by atoms with van der Waals surface area (Å²) < 4.78 is 35.8. The number of carbonyl (C=O) groups is 2. The molecule has 0 spiro atoms. The zero-order chi connectivity index (χ0) is 35.6. The zero-order valence-electron chi connectivity index (χ0n) is 27.9. The largest absolute Gasteiger partial charge is 0.492 e. The second-order valence-electron chi connectivity index (χ2n) is 11.3. The molecule has 49 heavy (non-hydrogen) atoms. The highest BCUT2D eigenvalue weighted by Gasteiger charge is 2.36. The first-order valence-electron chi connectivity index (χ1n) is 15.9. The van der Waals surface area contributed by atoms with Gasteiger partial charge in [-0.2, -0.15) is 0 Å². The van der Waals surface area contributed by atoms with E-state index in [0.717, 1.165) is 14.8 Å². The maximum atomic E-state index is 14.8. The summed E-state index contributed by atoms with van der Waals surface area (Å²) >= 11 is 14.7. The van der Waals surface area contributed by atoms with Crippen LogP contribution < -0.4 is 14.4 Å². The van der Waals surface area contributed by atoms with Crippen LogP contribution in [-0.2, 0) is 32.6 Å². The third kappa shape index (κ3) is 9.72. The van der Waals surface area contributed by atoms with Gasteiger partial charge >= 0.3 is 0 Å². The van der Waals surface area contributed by atoms with Crippen molar-refractivity contribution in [3.8, 4) is 5.75 Å². The molecule has 0 bridgehead atoms. The number of ether oxygens (including phenoxy) is 1. The maximum absolute atomic E-state index is 14.8. The topological polar surface area (TPSA) is 96.0 Å². The lowest BCUT2D eigenvalue weighted by atomic mass is 10.0. The number of para-hydroxylation sites is 2. The second kappa shape index (κ2) is 17.8. The van der Waals surface area contributed by atoms with Crippen LogP contribution in [0.1, 0.15) is 38.3 Å². The first-order chi connectivity index (χ1) is 23.5. The third-order valence-electron chi connectivity index (χ3n) is 8.02. The Hall–Kier alpha value is -3.70. The standard InChI is InChI=1S/C37H41Cl2N3O5S2/c1-5-26(3)40-37(44)34(23-27-13-8-7-9-14-27)41(24-30-31(38)15-12-16-32(30)39)36(43)25-42(33-17-10-11-18-35(33)47-6-2)49(45,46)29-21-19-28(48-4)20-22-29/h7-22,26,34H,5-6,23-25H2,1-4H3,(H,40,44)/t26-,34+/m0/s1. The van der Waals surface area contributed by atoms with E-state index < -0.39 is 28.5 Å². The number of nitrogens with one attached hydrogen (secondary N) is 1. The van der Waals surface area contributed by atoms with E-state index in [-0.39, 0.29) is 47.9 Å². The van der Waals surface area contributed by atoms with Crippen molar-refractivity contribution in [2.24, 2.45) is 0 Å². The van der Waals surface area contributed by atoms with Crippen LogP contribution in [0, 0.1) is 0 Å². The van der Waals surface area contributed by atoms with Gasteiger partial charge in [0, 0.05) is 39.5 Å². The lowest BCUT2D eigenvalue weighted by Crippen LogP contribution is -2.54. The van der Waals surface area contributed by atoms with Crippen molar-refractivity contribution in [1.29, 1.82) is 0 Å². The Kier molecular flexibility index (Phi) is 13.8. The summed E-state index contributed by atoms with van der Waals surface area (Å²) in [6.45, 7) is 5.12. The number of thioether (sulfide) groups is 1. The van der Waals surface area contributed by atoms with Gasteiger partial charge in [-0.1, -0.05) is 78.7 Å². The van der Waals surface area contributed by atoms with E-state index in [9.17, 15) is 18.0 Å².